The predicted molar refractivity (Wildman–Crippen MR) is 125 cm³/mol. The number of rotatable bonds is 11. The van der Waals surface area contributed by atoms with E-state index in [1.165, 1.54) is 24.5 Å². The zero-order valence-electron chi connectivity index (χ0n) is 18.2. The van der Waals surface area contributed by atoms with Gasteiger partial charge in [0, 0.05) is 24.0 Å². The van der Waals surface area contributed by atoms with E-state index < -0.39 is 33.6 Å². The number of aromatic nitrogens is 1. The van der Waals surface area contributed by atoms with Crippen molar-refractivity contribution in [1.29, 1.82) is 0 Å². The number of hydrazine groups is 1. The lowest BCUT2D eigenvalue weighted by molar-refractivity contribution is -0.137. The summed E-state index contributed by atoms with van der Waals surface area (Å²) in [5, 5.41) is 5.08. The van der Waals surface area contributed by atoms with Crippen LogP contribution in [0.15, 0.2) is 51.4 Å². The second-order valence-electron chi connectivity index (χ2n) is 7.12. The summed E-state index contributed by atoms with van der Waals surface area (Å²) in [6.45, 7) is 0.229. The zero-order valence-corrected chi connectivity index (χ0v) is 20.6. The van der Waals surface area contributed by atoms with Crippen LogP contribution in [0.1, 0.15) is 33.8 Å². The van der Waals surface area contributed by atoms with Crippen molar-refractivity contribution < 1.29 is 35.6 Å². The first-order valence-electron chi connectivity index (χ1n) is 10.1. The van der Waals surface area contributed by atoms with Crippen LogP contribution in [-0.2, 0) is 27.5 Å². The number of thiophene rings is 1. The molecule has 0 saturated heterocycles. The summed E-state index contributed by atoms with van der Waals surface area (Å²) < 4.78 is 67.6. The summed E-state index contributed by atoms with van der Waals surface area (Å²) in [7, 11) is -4.04. The van der Waals surface area contributed by atoms with Crippen molar-refractivity contribution in [3.63, 3.8) is 0 Å². The van der Waals surface area contributed by atoms with E-state index in [0.717, 1.165) is 17.4 Å². The van der Waals surface area contributed by atoms with E-state index in [2.05, 4.69) is 21.0 Å². The topological polar surface area (TPSA) is 142 Å². The highest BCUT2D eigenvalue weighted by Gasteiger charge is 2.31. The molecule has 0 radical (unpaired) electrons. The normalized spacial score (nSPS) is 11.8. The van der Waals surface area contributed by atoms with Gasteiger partial charge in [-0.1, -0.05) is 11.6 Å². The number of nitrogens with one attached hydrogen (secondary N) is 4. The molecule has 194 valence electrons. The third-order valence-corrected chi connectivity index (χ3v) is 7.55. The molecule has 16 heteroatoms. The van der Waals surface area contributed by atoms with Crippen molar-refractivity contribution >= 4 is 50.6 Å². The molecule has 0 spiro atoms. The van der Waals surface area contributed by atoms with E-state index >= 15 is 0 Å². The van der Waals surface area contributed by atoms with Crippen LogP contribution in [0.5, 0.6) is 0 Å². The molecule has 4 N–H and O–H groups in total. The fraction of sp³-hybridized carbons (Fsp3) is 0.250. The molecule has 0 aliphatic carbocycles. The van der Waals surface area contributed by atoms with E-state index in [1.54, 1.807) is 6.07 Å². The van der Waals surface area contributed by atoms with Gasteiger partial charge in [-0.3, -0.25) is 15.0 Å². The molecular formula is C20H19ClF3N5O5S2. The number of carbonyl (C=O) groups is 2. The molecule has 0 aromatic carbocycles. The van der Waals surface area contributed by atoms with Crippen molar-refractivity contribution in [2.75, 3.05) is 11.9 Å². The molecule has 3 aromatic rings. The van der Waals surface area contributed by atoms with Gasteiger partial charge in [0.2, 0.25) is 5.91 Å². The fourth-order valence-corrected chi connectivity index (χ4v) is 5.06. The summed E-state index contributed by atoms with van der Waals surface area (Å²) >= 11 is 6.70. The molecule has 0 unspecified atom stereocenters. The van der Waals surface area contributed by atoms with Gasteiger partial charge in [-0.15, -0.1) is 16.2 Å². The minimum atomic E-state index is -4.57. The Bertz CT molecular complexity index is 1310. The molecule has 3 rings (SSSR count). The van der Waals surface area contributed by atoms with Gasteiger partial charge < -0.3 is 15.1 Å². The lowest BCUT2D eigenvalue weighted by Gasteiger charge is -2.11. The van der Waals surface area contributed by atoms with Crippen molar-refractivity contribution in [3.8, 4) is 0 Å². The second kappa shape index (κ2) is 11.7. The summed E-state index contributed by atoms with van der Waals surface area (Å²) in [6, 6.07) is 6.64. The Balaban J connectivity index is 1.40. The zero-order chi connectivity index (χ0) is 26.3. The van der Waals surface area contributed by atoms with Crippen molar-refractivity contribution in [2.45, 2.75) is 29.8 Å². The summed E-state index contributed by atoms with van der Waals surface area (Å²) in [5.41, 5.74) is 1.10. The van der Waals surface area contributed by atoms with Gasteiger partial charge in [0.05, 0.1) is 23.4 Å². The number of carbonyl (C=O) groups excluding carboxylic acids is 2. The van der Waals surface area contributed by atoms with Crippen molar-refractivity contribution in [2.24, 2.45) is 0 Å². The SMILES string of the molecule is O=C(CCCNc1ncc(C(F)(F)F)cc1Cl)NNS(=O)(=O)c1ccc(CNC(=O)c2ccco2)s1. The average molecular weight is 566 g/mol. The molecule has 0 atom stereocenters. The first-order chi connectivity index (χ1) is 17.0. The smallest absolute Gasteiger partial charge is 0.417 e. The van der Waals surface area contributed by atoms with Gasteiger partial charge in [-0.05, 0) is 36.8 Å². The first-order valence-corrected chi connectivity index (χ1v) is 12.8. The average Bonchev–Trinajstić information content (AvgIpc) is 3.52. The van der Waals surface area contributed by atoms with E-state index in [1.807, 2.05) is 4.83 Å². The Kier molecular flexibility index (Phi) is 8.94. The number of amides is 2. The fourth-order valence-electron chi connectivity index (χ4n) is 2.68. The standard InChI is InChI=1S/C20H19ClF3N5O5S2/c21-14-9-12(20(22,23)24)10-26-18(14)25-7-1-4-16(30)28-29-36(32,33)17-6-5-13(35-17)11-27-19(31)15-3-2-8-34-15/h2-3,5-6,8-10,29H,1,4,7,11H2,(H,25,26)(H,27,31)(H,28,30). The number of nitrogens with zero attached hydrogens (tertiary/aromatic N) is 1. The van der Waals surface area contributed by atoms with Gasteiger partial charge in [0.15, 0.2) is 5.76 Å². The molecular weight excluding hydrogens is 547 g/mol. The Labute approximate surface area is 212 Å². The van der Waals surface area contributed by atoms with Crippen LogP contribution < -0.4 is 20.9 Å². The van der Waals surface area contributed by atoms with Crippen LogP contribution in [0, 0.1) is 0 Å². The number of hydrogen-bond donors (Lipinski definition) is 4. The highest BCUT2D eigenvalue weighted by atomic mass is 35.5. The van der Waals surface area contributed by atoms with E-state index in [9.17, 15) is 31.2 Å². The molecule has 3 aromatic heterocycles. The number of pyridine rings is 1. The van der Waals surface area contributed by atoms with Crippen LogP contribution in [0.2, 0.25) is 5.02 Å². The molecule has 10 nitrogen and oxygen atoms in total. The minimum absolute atomic E-state index is 0.0274. The van der Waals surface area contributed by atoms with Crippen molar-refractivity contribution in [1.82, 2.24) is 20.6 Å². The lowest BCUT2D eigenvalue weighted by atomic mass is 10.2. The number of alkyl halides is 3. The predicted octanol–water partition coefficient (Wildman–Crippen LogP) is 3.54. The Morgan fingerprint density at radius 3 is 2.64 bits per heavy atom. The summed E-state index contributed by atoms with van der Waals surface area (Å²) in [5.74, 6) is -0.930. The van der Waals surface area contributed by atoms with Crippen LogP contribution in [-0.4, -0.2) is 31.8 Å². The highest BCUT2D eigenvalue weighted by molar-refractivity contribution is 7.91. The monoisotopic (exact) mass is 565 g/mol. The van der Waals surface area contributed by atoms with E-state index in [-0.39, 0.29) is 46.7 Å². The van der Waals surface area contributed by atoms with Crippen LogP contribution >= 0.6 is 22.9 Å². The molecule has 0 saturated carbocycles. The number of hydrogen-bond acceptors (Lipinski definition) is 8. The quantitative estimate of drug-likeness (QED) is 0.206. The van der Waals surface area contributed by atoms with Gasteiger partial charge in [0.25, 0.3) is 15.9 Å². The molecule has 0 fully saturated rings. The third-order valence-electron chi connectivity index (χ3n) is 4.44. The summed E-state index contributed by atoms with van der Waals surface area (Å²) in [6.07, 6.45) is -2.46. The van der Waals surface area contributed by atoms with Crippen LogP contribution in [0.4, 0.5) is 19.0 Å². The van der Waals surface area contributed by atoms with Crippen molar-refractivity contribution in [3.05, 3.63) is 64.0 Å². The largest absolute Gasteiger partial charge is 0.459 e. The summed E-state index contributed by atoms with van der Waals surface area (Å²) in [4.78, 5) is 30.0. The molecule has 36 heavy (non-hydrogen) atoms. The number of anilines is 1. The lowest BCUT2D eigenvalue weighted by Crippen LogP contribution is -2.41. The molecule has 3 heterocycles. The number of sulfonamides is 1. The maximum absolute atomic E-state index is 12.6. The van der Waals surface area contributed by atoms with Crippen LogP contribution in [0.25, 0.3) is 0 Å². The maximum atomic E-state index is 12.6. The Hall–Kier alpha value is -3.14. The molecule has 0 aliphatic rings. The highest BCUT2D eigenvalue weighted by Crippen LogP contribution is 2.32. The Morgan fingerprint density at radius 1 is 1.19 bits per heavy atom. The number of halogens is 4. The maximum Gasteiger partial charge on any atom is 0.417 e. The van der Waals surface area contributed by atoms with E-state index in [0.29, 0.717) is 11.1 Å². The first kappa shape index (κ1) is 27.4. The third kappa shape index (κ3) is 7.68. The minimum Gasteiger partial charge on any atom is -0.459 e. The van der Waals surface area contributed by atoms with Gasteiger partial charge in [0.1, 0.15) is 10.0 Å². The molecule has 0 bridgehead atoms. The van der Waals surface area contributed by atoms with Gasteiger partial charge in [-0.2, -0.15) is 13.2 Å². The van der Waals surface area contributed by atoms with E-state index in [4.69, 9.17) is 16.0 Å². The van der Waals surface area contributed by atoms with Crippen LogP contribution in [0.3, 0.4) is 0 Å². The van der Waals surface area contributed by atoms with Gasteiger partial charge >= 0.3 is 6.18 Å². The Morgan fingerprint density at radius 2 is 1.97 bits per heavy atom. The number of furan rings is 1. The molecule has 0 aliphatic heterocycles. The molecule has 2 amide bonds. The second-order valence-corrected chi connectivity index (χ2v) is 10.6. The van der Waals surface area contributed by atoms with Gasteiger partial charge in [-0.25, -0.2) is 13.4 Å².